The van der Waals surface area contributed by atoms with Crippen molar-refractivity contribution in [2.75, 3.05) is 18.5 Å². The van der Waals surface area contributed by atoms with E-state index in [1.54, 1.807) is 13.1 Å². The highest BCUT2D eigenvalue weighted by atomic mass is 16.5. The first-order chi connectivity index (χ1) is 11.5. The molecular weight excluding hydrogens is 304 g/mol. The first-order valence-electron chi connectivity index (χ1n) is 8.03. The van der Waals surface area contributed by atoms with Crippen molar-refractivity contribution in [2.45, 2.75) is 33.6 Å². The molecule has 126 valence electrons. The summed E-state index contributed by atoms with van der Waals surface area (Å²) in [6.07, 6.45) is 3.80. The van der Waals surface area contributed by atoms with E-state index in [4.69, 9.17) is 4.52 Å². The molecule has 0 aromatic carbocycles. The SMILES string of the molecule is Cc1noc(-c2ccnc(N(C)CCCc3c(C)n[nH]c3C)c2)n1. The number of hydrogen-bond acceptors (Lipinski definition) is 6. The fraction of sp³-hybridized carbons (Fsp3) is 0.412. The van der Waals surface area contributed by atoms with E-state index in [1.165, 1.54) is 5.56 Å². The number of rotatable bonds is 6. The van der Waals surface area contributed by atoms with Gasteiger partial charge in [-0.15, -0.1) is 0 Å². The van der Waals surface area contributed by atoms with Crippen molar-refractivity contribution < 1.29 is 4.52 Å². The zero-order valence-corrected chi connectivity index (χ0v) is 14.5. The Balaban J connectivity index is 1.64. The molecule has 0 aliphatic heterocycles. The summed E-state index contributed by atoms with van der Waals surface area (Å²) in [6, 6.07) is 3.85. The molecule has 0 radical (unpaired) electrons. The van der Waals surface area contributed by atoms with Gasteiger partial charge in [0.1, 0.15) is 5.82 Å². The van der Waals surface area contributed by atoms with Crippen molar-refractivity contribution >= 4 is 5.82 Å². The van der Waals surface area contributed by atoms with Gasteiger partial charge in [0.15, 0.2) is 5.82 Å². The maximum atomic E-state index is 5.22. The summed E-state index contributed by atoms with van der Waals surface area (Å²) in [5.41, 5.74) is 4.43. The summed E-state index contributed by atoms with van der Waals surface area (Å²) in [5, 5.41) is 11.1. The average Bonchev–Trinajstić information content (AvgIpc) is 3.15. The van der Waals surface area contributed by atoms with Crippen LogP contribution < -0.4 is 4.90 Å². The zero-order valence-electron chi connectivity index (χ0n) is 14.5. The normalized spacial score (nSPS) is 11.0. The second-order valence-corrected chi connectivity index (χ2v) is 5.99. The number of pyridine rings is 1. The number of H-pyrrole nitrogens is 1. The minimum atomic E-state index is 0.522. The number of nitrogens with one attached hydrogen (secondary N) is 1. The Morgan fingerprint density at radius 1 is 1.25 bits per heavy atom. The van der Waals surface area contributed by atoms with Gasteiger partial charge >= 0.3 is 0 Å². The molecule has 0 atom stereocenters. The Labute approximate surface area is 141 Å². The van der Waals surface area contributed by atoms with Gasteiger partial charge in [-0.3, -0.25) is 5.10 Å². The van der Waals surface area contributed by atoms with Gasteiger partial charge in [-0.2, -0.15) is 10.1 Å². The third-order valence-electron chi connectivity index (χ3n) is 4.11. The van der Waals surface area contributed by atoms with Gasteiger partial charge in [0.25, 0.3) is 5.89 Å². The van der Waals surface area contributed by atoms with Crippen LogP contribution in [-0.2, 0) is 6.42 Å². The number of aromatic amines is 1. The zero-order chi connectivity index (χ0) is 17.1. The summed E-state index contributed by atoms with van der Waals surface area (Å²) in [5.74, 6) is 2.04. The van der Waals surface area contributed by atoms with Crippen molar-refractivity contribution in [3.8, 4) is 11.5 Å². The Morgan fingerprint density at radius 3 is 2.75 bits per heavy atom. The molecule has 0 unspecified atom stereocenters. The summed E-state index contributed by atoms with van der Waals surface area (Å²) < 4.78 is 5.22. The smallest absolute Gasteiger partial charge is 0.258 e. The van der Waals surface area contributed by atoms with Crippen molar-refractivity contribution in [3.63, 3.8) is 0 Å². The van der Waals surface area contributed by atoms with Crippen LogP contribution >= 0.6 is 0 Å². The second-order valence-electron chi connectivity index (χ2n) is 5.99. The largest absolute Gasteiger partial charge is 0.360 e. The van der Waals surface area contributed by atoms with Crippen LogP contribution in [0.3, 0.4) is 0 Å². The minimum absolute atomic E-state index is 0.522. The molecule has 0 aliphatic rings. The maximum Gasteiger partial charge on any atom is 0.258 e. The van der Waals surface area contributed by atoms with Crippen LogP contribution in [0.5, 0.6) is 0 Å². The molecule has 3 aromatic rings. The van der Waals surface area contributed by atoms with Gasteiger partial charge in [0.2, 0.25) is 0 Å². The van der Waals surface area contributed by atoms with Crippen LogP contribution in [0.4, 0.5) is 5.82 Å². The first kappa shape index (κ1) is 16.2. The summed E-state index contributed by atoms with van der Waals surface area (Å²) in [6.45, 7) is 6.82. The Bertz CT molecular complexity index is 803. The fourth-order valence-electron chi connectivity index (χ4n) is 2.72. The van der Waals surface area contributed by atoms with Crippen molar-refractivity contribution in [3.05, 3.63) is 41.1 Å². The molecule has 3 rings (SSSR count). The fourth-order valence-corrected chi connectivity index (χ4v) is 2.72. The first-order valence-corrected chi connectivity index (χ1v) is 8.03. The maximum absolute atomic E-state index is 5.22. The van der Waals surface area contributed by atoms with Crippen LogP contribution in [0.25, 0.3) is 11.5 Å². The quantitative estimate of drug-likeness (QED) is 0.750. The minimum Gasteiger partial charge on any atom is -0.360 e. The molecule has 0 bridgehead atoms. The van der Waals surface area contributed by atoms with Crippen LogP contribution in [-0.4, -0.2) is 38.9 Å². The predicted molar refractivity (Wildman–Crippen MR) is 91.9 cm³/mol. The lowest BCUT2D eigenvalue weighted by molar-refractivity contribution is 0.425. The summed E-state index contributed by atoms with van der Waals surface area (Å²) in [7, 11) is 2.04. The van der Waals surface area contributed by atoms with Gasteiger partial charge in [-0.05, 0) is 51.3 Å². The van der Waals surface area contributed by atoms with E-state index in [2.05, 4.69) is 37.1 Å². The monoisotopic (exact) mass is 326 g/mol. The highest BCUT2D eigenvalue weighted by Crippen LogP contribution is 2.21. The average molecular weight is 326 g/mol. The molecule has 1 N–H and O–H groups in total. The predicted octanol–water partition coefficient (Wildman–Crippen LogP) is 2.85. The number of aromatic nitrogens is 5. The van der Waals surface area contributed by atoms with E-state index in [9.17, 15) is 0 Å². The lowest BCUT2D eigenvalue weighted by Crippen LogP contribution is -2.20. The molecule has 7 heteroatoms. The van der Waals surface area contributed by atoms with E-state index in [-0.39, 0.29) is 0 Å². The lowest BCUT2D eigenvalue weighted by Gasteiger charge is -2.18. The highest BCUT2D eigenvalue weighted by molar-refractivity contribution is 5.58. The van der Waals surface area contributed by atoms with E-state index < -0.39 is 0 Å². The van der Waals surface area contributed by atoms with Crippen molar-refractivity contribution in [1.82, 2.24) is 25.3 Å². The van der Waals surface area contributed by atoms with Gasteiger partial charge in [-0.25, -0.2) is 4.98 Å². The van der Waals surface area contributed by atoms with Gasteiger partial charge in [0, 0.05) is 31.0 Å². The molecule has 24 heavy (non-hydrogen) atoms. The molecular formula is C17H22N6O. The summed E-state index contributed by atoms with van der Waals surface area (Å²) in [4.78, 5) is 10.8. The lowest BCUT2D eigenvalue weighted by atomic mass is 10.1. The Morgan fingerprint density at radius 2 is 2.08 bits per heavy atom. The molecule has 0 saturated carbocycles. The third kappa shape index (κ3) is 3.45. The van der Waals surface area contributed by atoms with Gasteiger partial charge < -0.3 is 9.42 Å². The van der Waals surface area contributed by atoms with Crippen LogP contribution in [0.2, 0.25) is 0 Å². The van der Waals surface area contributed by atoms with Gasteiger partial charge in [0.05, 0.1) is 5.69 Å². The molecule has 3 heterocycles. The number of anilines is 1. The molecule has 0 amide bonds. The van der Waals surface area contributed by atoms with Crippen LogP contribution in [0.15, 0.2) is 22.9 Å². The molecule has 0 saturated heterocycles. The van der Waals surface area contributed by atoms with Crippen LogP contribution in [0, 0.1) is 20.8 Å². The topological polar surface area (TPSA) is 83.7 Å². The highest BCUT2D eigenvalue weighted by Gasteiger charge is 2.11. The molecule has 0 aliphatic carbocycles. The van der Waals surface area contributed by atoms with Gasteiger partial charge in [-0.1, -0.05) is 5.16 Å². The third-order valence-corrected chi connectivity index (χ3v) is 4.11. The number of aryl methyl sites for hydroxylation is 3. The molecule has 3 aromatic heterocycles. The van der Waals surface area contributed by atoms with E-state index in [0.717, 1.165) is 42.2 Å². The van der Waals surface area contributed by atoms with E-state index in [0.29, 0.717) is 11.7 Å². The van der Waals surface area contributed by atoms with E-state index >= 15 is 0 Å². The molecule has 0 fully saturated rings. The Kier molecular flexibility index (Phi) is 4.59. The van der Waals surface area contributed by atoms with Crippen molar-refractivity contribution in [1.29, 1.82) is 0 Å². The molecule has 0 spiro atoms. The second kappa shape index (κ2) is 6.82. The van der Waals surface area contributed by atoms with Crippen LogP contribution in [0.1, 0.15) is 29.2 Å². The molecule has 7 nitrogen and oxygen atoms in total. The Hall–Kier alpha value is -2.70. The van der Waals surface area contributed by atoms with E-state index in [1.807, 2.05) is 26.1 Å². The number of nitrogens with zero attached hydrogens (tertiary/aromatic N) is 5. The summed E-state index contributed by atoms with van der Waals surface area (Å²) >= 11 is 0. The van der Waals surface area contributed by atoms with Crippen molar-refractivity contribution in [2.24, 2.45) is 0 Å². The number of hydrogen-bond donors (Lipinski definition) is 1. The standard InChI is InChI=1S/C17H22N6O/c1-11-15(12(2)21-20-11)6-5-9-23(4)16-10-14(7-8-18-16)17-19-13(3)22-24-17/h7-8,10H,5-6,9H2,1-4H3,(H,20,21).